The number of halogens is 1. The Morgan fingerprint density at radius 3 is 2.34 bits per heavy atom. The van der Waals surface area contributed by atoms with Crippen LogP contribution in [-0.2, 0) is 22.6 Å². The normalized spacial score (nSPS) is 12.9. The first kappa shape index (κ1) is 23.0. The van der Waals surface area contributed by atoms with E-state index in [9.17, 15) is 9.59 Å². The van der Waals surface area contributed by atoms with E-state index in [1.807, 2.05) is 58.0 Å². The Bertz CT molecular complexity index is 837. The minimum atomic E-state index is -0.517. The third-order valence-corrected chi connectivity index (χ3v) is 5.30. The van der Waals surface area contributed by atoms with Crippen LogP contribution in [0.2, 0.25) is 5.02 Å². The number of nitrogens with one attached hydrogen (secondary N) is 1. The van der Waals surface area contributed by atoms with Crippen molar-refractivity contribution in [3.63, 3.8) is 0 Å². The highest BCUT2D eigenvalue weighted by Gasteiger charge is 2.29. The van der Waals surface area contributed by atoms with Crippen LogP contribution in [0.15, 0.2) is 48.5 Å². The molecule has 0 aromatic heterocycles. The molecule has 0 spiro atoms. The van der Waals surface area contributed by atoms with E-state index in [0.29, 0.717) is 18.0 Å². The highest BCUT2D eigenvalue weighted by atomic mass is 35.5. The van der Waals surface area contributed by atoms with Crippen molar-refractivity contribution in [1.29, 1.82) is 0 Å². The number of nitrogens with zero attached hydrogens (tertiary/aromatic N) is 1. The van der Waals surface area contributed by atoms with Gasteiger partial charge >= 0.3 is 0 Å². The van der Waals surface area contributed by atoms with Crippen LogP contribution in [0.4, 0.5) is 0 Å². The zero-order valence-electron chi connectivity index (χ0n) is 17.7. The molecule has 0 aliphatic heterocycles. The van der Waals surface area contributed by atoms with E-state index in [-0.39, 0.29) is 24.3 Å². The average Bonchev–Trinajstić information content (AvgIpc) is 2.67. The van der Waals surface area contributed by atoms with Gasteiger partial charge in [-0.05, 0) is 49.9 Å². The van der Waals surface area contributed by atoms with Crippen molar-refractivity contribution in [1.82, 2.24) is 10.2 Å². The Labute approximate surface area is 179 Å². The first-order valence-corrected chi connectivity index (χ1v) is 10.6. The zero-order valence-corrected chi connectivity index (χ0v) is 18.5. The Balaban J connectivity index is 2.29. The first-order valence-electron chi connectivity index (χ1n) is 10.2. The molecule has 0 heterocycles. The molecular formula is C24H31ClN2O2. The van der Waals surface area contributed by atoms with Gasteiger partial charge in [0.15, 0.2) is 0 Å². The highest BCUT2D eigenvalue weighted by Crippen LogP contribution is 2.17. The second-order valence-corrected chi connectivity index (χ2v) is 8.00. The fourth-order valence-corrected chi connectivity index (χ4v) is 3.50. The van der Waals surface area contributed by atoms with Crippen molar-refractivity contribution in [2.24, 2.45) is 0 Å². The molecule has 0 bridgehead atoms. The summed E-state index contributed by atoms with van der Waals surface area (Å²) in [6.07, 6.45) is 1.60. The van der Waals surface area contributed by atoms with Crippen molar-refractivity contribution >= 4 is 23.4 Å². The molecule has 4 nitrogen and oxygen atoms in total. The third kappa shape index (κ3) is 6.90. The third-order valence-electron chi connectivity index (χ3n) is 5.07. The lowest BCUT2D eigenvalue weighted by Gasteiger charge is -2.31. The summed E-state index contributed by atoms with van der Waals surface area (Å²) in [6.45, 7) is 8.36. The number of rotatable bonds is 9. The molecule has 29 heavy (non-hydrogen) atoms. The molecule has 0 fully saturated rings. The van der Waals surface area contributed by atoms with E-state index < -0.39 is 6.04 Å². The molecule has 0 saturated carbocycles. The number of benzene rings is 2. The highest BCUT2D eigenvalue weighted by molar-refractivity contribution is 6.30. The van der Waals surface area contributed by atoms with Crippen LogP contribution in [0.25, 0.3) is 0 Å². The molecule has 2 rings (SSSR count). The molecule has 2 aromatic rings. The molecule has 2 aromatic carbocycles. The van der Waals surface area contributed by atoms with Crippen molar-refractivity contribution in [2.75, 3.05) is 0 Å². The Hall–Kier alpha value is -2.33. The largest absolute Gasteiger partial charge is 0.352 e. The maximum atomic E-state index is 13.3. The lowest BCUT2D eigenvalue weighted by atomic mass is 10.1. The van der Waals surface area contributed by atoms with Gasteiger partial charge in [-0.2, -0.15) is 0 Å². The lowest BCUT2D eigenvalue weighted by molar-refractivity contribution is -0.141. The second kappa shape index (κ2) is 11.0. The average molecular weight is 415 g/mol. The van der Waals surface area contributed by atoms with Crippen LogP contribution in [0.3, 0.4) is 0 Å². The summed E-state index contributed by atoms with van der Waals surface area (Å²) in [6, 6.07) is 14.9. The summed E-state index contributed by atoms with van der Waals surface area (Å²) in [4.78, 5) is 27.9. The quantitative estimate of drug-likeness (QED) is 0.633. The molecule has 156 valence electrons. The summed E-state index contributed by atoms with van der Waals surface area (Å²) in [5.74, 6) is -0.186. The van der Waals surface area contributed by atoms with Gasteiger partial charge in [0.2, 0.25) is 11.8 Å². The fraction of sp³-hybridized carbons (Fsp3) is 0.417. The summed E-state index contributed by atoms with van der Waals surface area (Å²) >= 11 is 6.08. The van der Waals surface area contributed by atoms with Crippen molar-refractivity contribution < 1.29 is 9.59 Å². The van der Waals surface area contributed by atoms with Gasteiger partial charge in [0, 0.05) is 17.6 Å². The molecule has 0 aliphatic rings. The number of carbonyl (C=O) groups is 2. The summed E-state index contributed by atoms with van der Waals surface area (Å²) < 4.78 is 0. The van der Waals surface area contributed by atoms with Crippen LogP contribution in [0.5, 0.6) is 0 Å². The predicted molar refractivity (Wildman–Crippen MR) is 119 cm³/mol. The molecule has 2 atom stereocenters. The summed E-state index contributed by atoms with van der Waals surface area (Å²) in [5, 5.41) is 3.63. The smallest absolute Gasteiger partial charge is 0.243 e. The number of amides is 2. The predicted octanol–water partition coefficient (Wildman–Crippen LogP) is 4.91. The topological polar surface area (TPSA) is 49.4 Å². The van der Waals surface area contributed by atoms with E-state index in [1.54, 1.807) is 17.0 Å². The number of hydrogen-bond acceptors (Lipinski definition) is 2. The maximum absolute atomic E-state index is 13.3. The minimum absolute atomic E-state index is 0.0698. The van der Waals surface area contributed by atoms with Gasteiger partial charge in [-0.25, -0.2) is 0 Å². The molecule has 1 N–H and O–H groups in total. The van der Waals surface area contributed by atoms with Crippen LogP contribution >= 0.6 is 11.6 Å². The van der Waals surface area contributed by atoms with Gasteiger partial charge in [0.1, 0.15) is 6.04 Å². The van der Waals surface area contributed by atoms with Gasteiger partial charge in [-0.3, -0.25) is 9.59 Å². The van der Waals surface area contributed by atoms with Crippen molar-refractivity contribution in [3.8, 4) is 0 Å². The van der Waals surface area contributed by atoms with Gasteiger partial charge in [0.05, 0.1) is 6.42 Å². The van der Waals surface area contributed by atoms with Gasteiger partial charge in [-0.1, -0.05) is 67.4 Å². The Morgan fingerprint density at radius 1 is 1.03 bits per heavy atom. The van der Waals surface area contributed by atoms with Crippen LogP contribution < -0.4 is 5.32 Å². The van der Waals surface area contributed by atoms with Gasteiger partial charge < -0.3 is 10.2 Å². The van der Waals surface area contributed by atoms with Crippen LogP contribution in [0.1, 0.15) is 50.3 Å². The second-order valence-electron chi connectivity index (χ2n) is 7.56. The number of aryl methyl sites for hydroxylation is 1. The maximum Gasteiger partial charge on any atom is 0.243 e. The SMILES string of the molecule is CC[C@@H](C)NC(=O)[C@@H](CC)N(Cc1cccc(C)c1)C(=O)Cc1cccc(Cl)c1. The monoisotopic (exact) mass is 414 g/mol. The molecular weight excluding hydrogens is 384 g/mol. The van der Waals surface area contributed by atoms with E-state index in [1.165, 1.54) is 0 Å². The van der Waals surface area contributed by atoms with Crippen LogP contribution in [-0.4, -0.2) is 28.8 Å². The Morgan fingerprint density at radius 2 is 1.72 bits per heavy atom. The molecule has 0 radical (unpaired) electrons. The fourth-order valence-electron chi connectivity index (χ4n) is 3.29. The molecule has 2 amide bonds. The summed E-state index contributed by atoms with van der Waals surface area (Å²) in [5.41, 5.74) is 2.98. The first-order chi connectivity index (χ1) is 13.8. The number of carbonyl (C=O) groups excluding carboxylic acids is 2. The molecule has 0 saturated heterocycles. The van der Waals surface area contributed by atoms with Crippen LogP contribution in [0, 0.1) is 6.92 Å². The lowest BCUT2D eigenvalue weighted by Crippen LogP contribution is -2.51. The van der Waals surface area contributed by atoms with Gasteiger partial charge in [-0.15, -0.1) is 0 Å². The summed E-state index contributed by atoms with van der Waals surface area (Å²) in [7, 11) is 0. The molecule has 0 aliphatic carbocycles. The van der Waals surface area contributed by atoms with E-state index in [0.717, 1.165) is 23.1 Å². The van der Waals surface area contributed by atoms with Gasteiger partial charge in [0.25, 0.3) is 0 Å². The van der Waals surface area contributed by atoms with E-state index in [2.05, 4.69) is 11.4 Å². The molecule has 5 heteroatoms. The molecule has 0 unspecified atom stereocenters. The van der Waals surface area contributed by atoms with Crippen molar-refractivity contribution in [2.45, 2.75) is 65.6 Å². The number of hydrogen-bond donors (Lipinski definition) is 1. The standard InChI is InChI=1S/C24H31ClN2O2/c1-5-18(4)26-24(29)22(6-2)27(16-20-11-7-9-17(3)13-20)23(28)15-19-10-8-12-21(25)14-19/h7-14,18,22H,5-6,15-16H2,1-4H3,(H,26,29)/t18-,22-/m1/s1. The van der Waals surface area contributed by atoms with Crippen molar-refractivity contribution in [3.05, 3.63) is 70.2 Å². The Kier molecular flexibility index (Phi) is 8.71. The van der Waals surface area contributed by atoms with E-state index in [4.69, 9.17) is 11.6 Å². The minimum Gasteiger partial charge on any atom is -0.352 e. The zero-order chi connectivity index (χ0) is 21.4. The van der Waals surface area contributed by atoms with E-state index >= 15 is 0 Å².